The van der Waals surface area contributed by atoms with E-state index in [0.717, 1.165) is 23.1 Å². The normalized spacial score (nSPS) is 18.5. The number of ether oxygens (including phenoxy) is 3. The van der Waals surface area contributed by atoms with E-state index in [-0.39, 0.29) is 19.3 Å². The highest BCUT2D eigenvalue weighted by atomic mass is 16.7. The molecule has 3 rings (SSSR count). The van der Waals surface area contributed by atoms with Crippen molar-refractivity contribution in [2.75, 3.05) is 20.4 Å². The van der Waals surface area contributed by atoms with Crippen LogP contribution >= 0.6 is 0 Å². The predicted octanol–water partition coefficient (Wildman–Crippen LogP) is 4.09. The summed E-state index contributed by atoms with van der Waals surface area (Å²) in [6.45, 7) is 4.49. The first kappa shape index (κ1) is 24.5. The van der Waals surface area contributed by atoms with Gasteiger partial charge in [0, 0.05) is 19.2 Å². The van der Waals surface area contributed by atoms with E-state index in [1.54, 1.807) is 19.2 Å². The number of carboxylic acid groups (broad SMARTS) is 1. The minimum Gasteiger partial charge on any atom is -0.467 e. The van der Waals surface area contributed by atoms with Crippen LogP contribution in [-0.4, -0.2) is 54.7 Å². The molecule has 33 heavy (non-hydrogen) atoms. The van der Waals surface area contributed by atoms with E-state index < -0.39 is 18.4 Å². The SMILES string of the molecule is COCOc1c(C)cc(C(=O)N[C@@H]2CCCCN(C(=O)O)C2OCc2ccccc2)cc1C. The van der Waals surface area contributed by atoms with Crippen LogP contribution in [0.3, 0.4) is 0 Å². The number of amides is 2. The topological polar surface area (TPSA) is 97.3 Å². The van der Waals surface area contributed by atoms with Gasteiger partial charge in [-0.3, -0.25) is 9.69 Å². The first-order chi connectivity index (χ1) is 15.9. The summed E-state index contributed by atoms with van der Waals surface area (Å²) in [6.07, 6.45) is 0.304. The van der Waals surface area contributed by atoms with Crippen LogP contribution in [0, 0.1) is 13.8 Å². The molecule has 1 saturated heterocycles. The van der Waals surface area contributed by atoms with Crippen LogP contribution in [0.2, 0.25) is 0 Å². The second kappa shape index (κ2) is 11.7. The molecule has 0 saturated carbocycles. The number of nitrogens with one attached hydrogen (secondary N) is 1. The van der Waals surface area contributed by atoms with Gasteiger partial charge in [0.15, 0.2) is 13.0 Å². The molecule has 1 aliphatic rings. The van der Waals surface area contributed by atoms with Crippen molar-refractivity contribution in [3.8, 4) is 5.75 Å². The molecule has 8 heteroatoms. The number of benzene rings is 2. The number of aryl methyl sites for hydroxylation is 2. The second-order valence-corrected chi connectivity index (χ2v) is 8.23. The summed E-state index contributed by atoms with van der Waals surface area (Å²) in [5.41, 5.74) is 3.07. The Morgan fingerprint density at radius 1 is 1.12 bits per heavy atom. The highest BCUT2D eigenvalue weighted by molar-refractivity contribution is 5.95. The molecule has 2 aromatic rings. The molecule has 0 aliphatic carbocycles. The Balaban J connectivity index is 1.79. The molecule has 1 unspecified atom stereocenters. The summed E-state index contributed by atoms with van der Waals surface area (Å²) in [6, 6.07) is 12.6. The van der Waals surface area contributed by atoms with Gasteiger partial charge in [-0.1, -0.05) is 30.3 Å². The molecule has 178 valence electrons. The zero-order valence-electron chi connectivity index (χ0n) is 19.4. The van der Waals surface area contributed by atoms with Crippen molar-refractivity contribution >= 4 is 12.0 Å². The first-order valence-corrected chi connectivity index (χ1v) is 11.1. The van der Waals surface area contributed by atoms with Gasteiger partial charge in [-0.25, -0.2) is 4.79 Å². The standard InChI is InChI=1S/C25H32N2O6/c1-17-13-20(14-18(2)22(17)33-16-31-3)23(28)26-21-11-7-8-12-27(25(29)30)24(21)32-15-19-9-5-4-6-10-19/h4-6,9-10,13-14,21,24H,7-8,11-12,15-16H2,1-3H3,(H,26,28)(H,29,30)/t21-,24?/m1/s1. The zero-order chi connectivity index (χ0) is 23.8. The minimum atomic E-state index is -1.06. The second-order valence-electron chi connectivity index (χ2n) is 8.23. The van der Waals surface area contributed by atoms with E-state index in [1.165, 1.54) is 4.90 Å². The molecule has 0 radical (unpaired) electrons. The van der Waals surface area contributed by atoms with Crippen molar-refractivity contribution in [1.29, 1.82) is 0 Å². The highest BCUT2D eigenvalue weighted by Crippen LogP contribution is 2.26. The summed E-state index contributed by atoms with van der Waals surface area (Å²) in [4.78, 5) is 26.4. The molecule has 2 amide bonds. The van der Waals surface area contributed by atoms with Crippen molar-refractivity contribution in [3.63, 3.8) is 0 Å². The minimum absolute atomic E-state index is 0.126. The quantitative estimate of drug-likeness (QED) is 0.581. The van der Waals surface area contributed by atoms with Gasteiger partial charge in [-0.05, 0) is 61.9 Å². The average molecular weight is 457 g/mol. The first-order valence-electron chi connectivity index (χ1n) is 11.1. The number of carbonyl (C=O) groups is 2. The molecule has 8 nitrogen and oxygen atoms in total. The largest absolute Gasteiger partial charge is 0.467 e. The number of methoxy groups -OCH3 is 1. The molecule has 0 spiro atoms. The van der Waals surface area contributed by atoms with Gasteiger partial charge in [-0.15, -0.1) is 0 Å². The monoisotopic (exact) mass is 456 g/mol. The summed E-state index contributed by atoms with van der Waals surface area (Å²) in [7, 11) is 1.55. The van der Waals surface area contributed by atoms with Gasteiger partial charge in [-0.2, -0.15) is 0 Å². The van der Waals surface area contributed by atoms with Crippen LogP contribution in [0.5, 0.6) is 5.75 Å². The Morgan fingerprint density at radius 2 is 1.82 bits per heavy atom. The maximum Gasteiger partial charge on any atom is 0.409 e. The van der Waals surface area contributed by atoms with Gasteiger partial charge in [0.05, 0.1) is 12.6 Å². The molecule has 1 heterocycles. The molecule has 2 N–H and O–H groups in total. The number of hydrogen-bond acceptors (Lipinski definition) is 5. The van der Waals surface area contributed by atoms with Gasteiger partial charge in [0.25, 0.3) is 5.91 Å². The Morgan fingerprint density at radius 3 is 2.45 bits per heavy atom. The van der Waals surface area contributed by atoms with Gasteiger partial charge >= 0.3 is 6.09 Å². The Kier molecular flexibility index (Phi) is 8.68. The lowest BCUT2D eigenvalue weighted by atomic mass is 10.0. The van der Waals surface area contributed by atoms with E-state index in [1.807, 2.05) is 44.2 Å². The van der Waals surface area contributed by atoms with Crippen molar-refractivity contribution in [1.82, 2.24) is 10.2 Å². The Bertz CT molecular complexity index is 926. The van der Waals surface area contributed by atoms with Crippen LogP contribution < -0.4 is 10.1 Å². The van der Waals surface area contributed by atoms with Crippen LogP contribution in [0.1, 0.15) is 46.3 Å². The van der Waals surface area contributed by atoms with Gasteiger partial charge in [0.2, 0.25) is 0 Å². The highest BCUT2D eigenvalue weighted by Gasteiger charge is 2.35. The van der Waals surface area contributed by atoms with E-state index in [9.17, 15) is 14.7 Å². The maximum atomic E-state index is 13.2. The molecule has 2 atom stereocenters. The molecule has 1 fully saturated rings. The number of carbonyl (C=O) groups excluding carboxylic acids is 1. The van der Waals surface area contributed by atoms with Crippen LogP contribution in [-0.2, 0) is 16.1 Å². The number of hydrogen-bond donors (Lipinski definition) is 2. The third-order valence-corrected chi connectivity index (χ3v) is 5.68. The molecular weight excluding hydrogens is 424 g/mol. The summed E-state index contributed by atoms with van der Waals surface area (Å²) in [5, 5.41) is 12.8. The van der Waals surface area contributed by atoms with Crippen molar-refractivity contribution in [3.05, 3.63) is 64.7 Å². The van der Waals surface area contributed by atoms with Gasteiger partial charge in [0.1, 0.15) is 5.75 Å². The fourth-order valence-electron chi connectivity index (χ4n) is 4.12. The average Bonchev–Trinajstić information content (AvgIpc) is 3.00. The fourth-order valence-corrected chi connectivity index (χ4v) is 4.12. The lowest BCUT2D eigenvalue weighted by Crippen LogP contribution is -2.53. The smallest absolute Gasteiger partial charge is 0.409 e. The van der Waals surface area contributed by atoms with Crippen LogP contribution in [0.4, 0.5) is 4.79 Å². The third kappa shape index (κ3) is 6.46. The summed E-state index contributed by atoms with van der Waals surface area (Å²) >= 11 is 0. The molecule has 1 aliphatic heterocycles. The summed E-state index contributed by atoms with van der Waals surface area (Å²) < 4.78 is 16.7. The molecule has 0 bridgehead atoms. The lowest BCUT2D eigenvalue weighted by Gasteiger charge is -2.33. The van der Waals surface area contributed by atoms with Gasteiger partial charge < -0.3 is 24.6 Å². The molecule has 2 aromatic carbocycles. The maximum absolute atomic E-state index is 13.2. The predicted molar refractivity (Wildman–Crippen MR) is 123 cm³/mol. The Hall–Kier alpha value is -3.10. The number of likely N-dealkylation sites (tertiary alicyclic amines) is 1. The Labute approximate surface area is 194 Å². The van der Waals surface area contributed by atoms with Crippen molar-refractivity contribution in [2.24, 2.45) is 0 Å². The van der Waals surface area contributed by atoms with E-state index >= 15 is 0 Å². The van der Waals surface area contributed by atoms with E-state index in [2.05, 4.69) is 5.32 Å². The van der Waals surface area contributed by atoms with Crippen LogP contribution in [0.15, 0.2) is 42.5 Å². The van der Waals surface area contributed by atoms with Crippen LogP contribution in [0.25, 0.3) is 0 Å². The lowest BCUT2D eigenvalue weighted by molar-refractivity contribution is -0.0711. The number of nitrogens with zero attached hydrogens (tertiary/aromatic N) is 1. The fraction of sp³-hybridized carbons (Fsp3) is 0.440. The third-order valence-electron chi connectivity index (χ3n) is 5.68. The van der Waals surface area contributed by atoms with E-state index in [4.69, 9.17) is 14.2 Å². The molecule has 0 aromatic heterocycles. The number of rotatable bonds is 8. The van der Waals surface area contributed by atoms with Crippen molar-refractivity contribution in [2.45, 2.75) is 52.0 Å². The van der Waals surface area contributed by atoms with Crippen molar-refractivity contribution < 1.29 is 28.9 Å². The zero-order valence-corrected chi connectivity index (χ0v) is 19.4. The molecular formula is C25H32N2O6. The summed E-state index contributed by atoms with van der Waals surface area (Å²) in [5.74, 6) is 0.411. The van der Waals surface area contributed by atoms with E-state index in [0.29, 0.717) is 30.7 Å².